The molecule has 0 saturated carbocycles. The Kier molecular flexibility index (Phi) is 10.0. The standard InChI is InChI=1S/C27H33Cl2NO8/c1-14-18(22(31)35-12-37-24(33)26(3,4)5)20(16-10-9-11-17(28)21(16)29)19(15(2)30-14)23(32)36-13-38-25(34)27(6,7)8/h9-11,20,30H,12-13H2,1-8H3. The van der Waals surface area contributed by atoms with Gasteiger partial charge in [-0.2, -0.15) is 0 Å². The van der Waals surface area contributed by atoms with Crippen molar-refractivity contribution in [3.05, 3.63) is 56.3 Å². The Bertz CT molecular complexity index is 1120. The van der Waals surface area contributed by atoms with Crippen LogP contribution in [0.5, 0.6) is 0 Å². The summed E-state index contributed by atoms with van der Waals surface area (Å²) in [5.41, 5.74) is -0.416. The number of esters is 4. The lowest BCUT2D eigenvalue weighted by Crippen LogP contribution is -2.34. The largest absolute Gasteiger partial charge is 0.427 e. The van der Waals surface area contributed by atoms with Gasteiger partial charge in [0.2, 0.25) is 13.6 Å². The van der Waals surface area contributed by atoms with Crippen molar-refractivity contribution in [2.45, 2.75) is 61.3 Å². The maximum Gasteiger partial charge on any atom is 0.339 e. The van der Waals surface area contributed by atoms with Crippen LogP contribution in [0.25, 0.3) is 0 Å². The van der Waals surface area contributed by atoms with E-state index in [2.05, 4.69) is 5.32 Å². The Morgan fingerprint density at radius 1 is 0.763 bits per heavy atom. The zero-order valence-electron chi connectivity index (χ0n) is 22.7. The molecule has 0 saturated heterocycles. The predicted molar refractivity (Wildman–Crippen MR) is 141 cm³/mol. The first-order chi connectivity index (χ1) is 17.5. The van der Waals surface area contributed by atoms with E-state index in [4.69, 9.17) is 42.1 Å². The van der Waals surface area contributed by atoms with Crippen LogP contribution in [-0.4, -0.2) is 37.5 Å². The predicted octanol–water partition coefficient (Wildman–Crippen LogP) is 5.41. The lowest BCUT2D eigenvalue weighted by Gasteiger charge is -2.31. The van der Waals surface area contributed by atoms with Crippen LogP contribution in [-0.2, 0) is 38.1 Å². The summed E-state index contributed by atoms with van der Waals surface area (Å²) in [4.78, 5) is 50.7. The fourth-order valence-electron chi connectivity index (χ4n) is 3.45. The Balaban J connectivity index is 2.42. The lowest BCUT2D eigenvalue weighted by atomic mass is 9.80. The molecule has 0 unspecified atom stereocenters. The average molecular weight is 570 g/mol. The maximum absolute atomic E-state index is 13.3. The molecule has 1 aliphatic heterocycles. The molecule has 1 N–H and O–H groups in total. The average Bonchev–Trinajstić information content (AvgIpc) is 2.78. The van der Waals surface area contributed by atoms with Gasteiger partial charge in [-0.05, 0) is 67.0 Å². The molecule has 0 amide bonds. The molecule has 1 aromatic rings. The van der Waals surface area contributed by atoms with Gasteiger partial charge in [0.25, 0.3) is 0 Å². The van der Waals surface area contributed by atoms with Crippen molar-refractivity contribution in [2.24, 2.45) is 10.8 Å². The molecule has 1 aliphatic rings. The zero-order valence-corrected chi connectivity index (χ0v) is 24.3. The van der Waals surface area contributed by atoms with Gasteiger partial charge in [-0.1, -0.05) is 35.3 Å². The number of nitrogens with one attached hydrogen (secondary N) is 1. The van der Waals surface area contributed by atoms with E-state index in [9.17, 15) is 19.2 Å². The summed E-state index contributed by atoms with van der Waals surface area (Å²) >= 11 is 12.8. The first kappa shape index (κ1) is 31.2. The van der Waals surface area contributed by atoms with Crippen molar-refractivity contribution in [1.29, 1.82) is 0 Å². The monoisotopic (exact) mass is 569 g/mol. The number of benzene rings is 1. The lowest BCUT2D eigenvalue weighted by molar-refractivity contribution is -0.172. The van der Waals surface area contributed by atoms with Crippen LogP contribution in [0.15, 0.2) is 40.7 Å². The SMILES string of the molecule is CC1=C(C(=O)OCOC(=O)C(C)(C)C)C(c2cccc(Cl)c2Cl)C(C(=O)OCOC(=O)C(C)(C)C)=C(C)N1. The van der Waals surface area contributed by atoms with Crippen molar-refractivity contribution in [2.75, 3.05) is 13.6 Å². The van der Waals surface area contributed by atoms with Crippen LogP contribution in [0.1, 0.15) is 66.9 Å². The second-order valence-corrected chi connectivity index (χ2v) is 11.5. The number of carbonyl (C=O) groups is 4. The minimum absolute atomic E-state index is 0.0326. The number of ether oxygens (including phenoxy) is 4. The highest BCUT2D eigenvalue weighted by atomic mass is 35.5. The number of hydrogen-bond donors (Lipinski definition) is 1. The number of allylic oxidation sites excluding steroid dienone is 2. The molecule has 208 valence electrons. The summed E-state index contributed by atoms with van der Waals surface area (Å²) in [6.45, 7) is 12.0. The van der Waals surface area contributed by atoms with Crippen LogP contribution in [0.2, 0.25) is 10.0 Å². The smallest absolute Gasteiger partial charge is 0.339 e. The van der Waals surface area contributed by atoms with E-state index >= 15 is 0 Å². The Labute approximate surface area is 232 Å². The molecular formula is C27H33Cl2NO8. The molecule has 1 heterocycles. The molecule has 0 fully saturated rings. The molecule has 9 nitrogen and oxygen atoms in total. The van der Waals surface area contributed by atoms with Crippen molar-refractivity contribution in [3.8, 4) is 0 Å². The summed E-state index contributed by atoms with van der Waals surface area (Å²) < 4.78 is 20.6. The van der Waals surface area contributed by atoms with Gasteiger partial charge >= 0.3 is 23.9 Å². The van der Waals surface area contributed by atoms with Crippen LogP contribution in [0.3, 0.4) is 0 Å². The van der Waals surface area contributed by atoms with Crippen molar-refractivity contribution in [1.82, 2.24) is 5.32 Å². The van der Waals surface area contributed by atoms with Crippen molar-refractivity contribution < 1.29 is 38.1 Å². The molecule has 0 aliphatic carbocycles. The van der Waals surface area contributed by atoms with Gasteiger partial charge in [0.1, 0.15) is 0 Å². The van der Waals surface area contributed by atoms with E-state index in [1.807, 2.05) is 0 Å². The number of carbonyl (C=O) groups excluding carboxylic acids is 4. The van der Waals surface area contributed by atoms with Gasteiger partial charge in [-0.3, -0.25) is 9.59 Å². The van der Waals surface area contributed by atoms with E-state index in [-0.39, 0.29) is 21.2 Å². The fraction of sp³-hybridized carbons (Fsp3) is 0.481. The zero-order chi connectivity index (χ0) is 29.0. The molecule has 0 aromatic heterocycles. The van der Waals surface area contributed by atoms with E-state index in [1.54, 1.807) is 73.6 Å². The van der Waals surface area contributed by atoms with E-state index in [1.165, 1.54) is 0 Å². The summed E-state index contributed by atoms with van der Waals surface area (Å²) in [5, 5.41) is 3.31. The third kappa shape index (κ3) is 7.51. The van der Waals surface area contributed by atoms with Crippen molar-refractivity contribution in [3.63, 3.8) is 0 Å². The molecule has 2 rings (SSSR count). The maximum atomic E-state index is 13.3. The van der Waals surface area contributed by atoms with Crippen molar-refractivity contribution >= 4 is 47.1 Å². The molecule has 0 radical (unpaired) electrons. The first-order valence-electron chi connectivity index (χ1n) is 11.8. The van der Waals surface area contributed by atoms with E-state index < -0.39 is 54.2 Å². The summed E-state index contributed by atoms with van der Waals surface area (Å²) in [6.07, 6.45) is 0. The highest BCUT2D eigenvalue weighted by Gasteiger charge is 2.39. The van der Waals surface area contributed by atoms with Crippen LogP contribution in [0.4, 0.5) is 0 Å². The summed E-state index contributed by atoms with van der Waals surface area (Å²) in [6, 6.07) is 4.80. The van der Waals surface area contributed by atoms with E-state index in [0.717, 1.165) is 0 Å². The number of dihydropyridines is 1. The Morgan fingerprint density at radius 2 is 1.18 bits per heavy atom. The molecule has 38 heavy (non-hydrogen) atoms. The number of halogens is 2. The van der Waals surface area contributed by atoms with Crippen LogP contribution in [0, 0.1) is 10.8 Å². The molecule has 11 heteroatoms. The van der Waals surface area contributed by atoms with Crippen LogP contribution < -0.4 is 5.32 Å². The first-order valence-corrected chi connectivity index (χ1v) is 12.5. The molecule has 0 bridgehead atoms. The normalized spacial score (nSPS) is 14.6. The highest BCUT2D eigenvalue weighted by molar-refractivity contribution is 6.42. The quantitative estimate of drug-likeness (QED) is 0.339. The topological polar surface area (TPSA) is 117 Å². The van der Waals surface area contributed by atoms with Gasteiger partial charge in [-0.25, -0.2) is 9.59 Å². The van der Waals surface area contributed by atoms with Gasteiger partial charge in [0.05, 0.1) is 37.9 Å². The molecular weight excluding hydrogens is 537 g/mol. The van der Waals surface area contributed by atoms with Gasteiger partial charge in [-0.15, -0.1) is 0 Å². The minimum Gasteiger partial charge on any atom is -0.427 e. The number of rotatable bonds is 7. The minimum atomic E-state index is -1.06. The molecule has 0 spiro atoms. The molecule has 0 atom stereocenters. The Hall–Kier alpha value is -3.04. The highest BCUT2D eigenvalue weighted by Crippen LogP contribution is 2.43. The van der Waals surface area contributed by atoms with Gasteiger partial charge < -0.3 is 24.3 Å². The van der Waals surface area contributed by atoms with Gasteiger partial charge in [0, 0.05) is 11.4 Å². The Morgan fingerprint density at radius 3 is 1.58 bits per heavy atom. The second kappa shape index (κ2) is 12.2. The summed E-state index contributed by atoms with van der Waals surface area (Å²) in [7, 11) is 0. The van der Waals surface area contributed by atoms with Crippen LogP contribution >= 0.6 is 23.2 Å². The molecule has 1 aromatic carbocycles. The third-order valence-electron chi connectivity index (χ3n) is 5.48. The van der Waals surface area contributed by atoms with Gasteiger partial charge in [0.15, 0.2) is 0 Å². The number of hydrogen-bond acceptors (Lipinski definition) is 9. The third-order valence-corrected chi connectivity index (χ3v) is 6.31. The summed E-state index contributed by atoms with van der Waals surface area (Å²) in [5.74, 6) is -3.88. The van der Waals surface area contributed by atoms with E-state index in [0.29, 0.717) is 17.0 Å². The fourth-order valence-corrected chi connectivity index (χ4v) is 3.87. The second-order valence-electron chi connectivity index (χ2n) is 10.7.